The number of alkyl carbamates (subject to hydrolysis) is 1. The van der Waals surface area contributed by atoms with E-state index in [1.165, 1.54) is 17.1 Å². The van der Waals surface area contributed by atoms with Gasteiger partial charge in [-0.05, 0) is 31.2 Å². The Morgan fingerprint density at radius 3 is 2.54 bits per heavy atom. The molecule has 1 saturated carbocycles. The number of amides is 3. The summed E-state index contributed by atoms with van der Waals surface area (Å²) in [5, 5.41) is 2.73. The predicted molar refractivity (Wildman–Crippen MR) is 87.0 cm³/mol. The summed E-state index contributed by atoms with van der Waals surface area (Å²) in [6.07, 6.45) is 4.45. The van der Waals surface area contributed by atoms with Gasteiger partial charge < -0.3 is 10.1 Å². The monoisotopic (exact) mass is 328 g/mol. The Balaban J connectivity index is 1.48. The number of ether oxygens (including phenoxy) is 1. The fourth-order valence-electron chi connectivity index (χ4n) is 3.21. The van der Waals surface area contributed by atoms with Crippen LogP contribution in [-0.4, -0.2) is 41.5 Å². The van der Waals surface area contributed by atoms with Crippen molar-refractivity contribution in [2.45, 2.75) is 37.8 Å². The Bertz CT molecular complexity index is 638. The number of carbonyl (C=O) groups excluding carboxylic acids is 3. The van der Waals surface area contributed by atoms with Gasteiger partial charge in [-0.25, -0.2) is 4.79 Å². The zero-order valence-corrected chi connectivity index (χ0v) is 13.3. The summed E-state index contributed by atoms with van der Waals surface area (Å²) < 4.78 is 5.45. The van der Waals surface area contributed by atoms with Crippen LogP contribution in [0, 0.1) is 0 Å². The fraction of sp³-hybridized carbons (Fsp3) is 0.389. The zero-order valence-electron chi connectivity index (χ0n) is 13.3. The van der Waals surface area contributed by atoms with Gasteiger partial charge in [0.25, 0.3) is 11.8 Å². The van der Waals surface area contributed by atoms with Crippen molar-refractivity contribution in [3.8, 4) is 0 Å². The second kappa shape index (κ2) is 7.29. The molecule has 1 fully saturated rings. The van der Waals surface area contributed by atoms with Gasteiger partial charge in [0.05, 0.1) is 6.04 Å². The van der Waals surface area contributed by atoms with Gasteiger partial charge in [-0.3, -0.25) is 14.5 Å². The van der Waals surface area contributed by atoms with E-state index in [1.807, 2.05) is 30.3 Å². The summed E-state index contributed by atoms with van der Waals surface area (Å²) in [7, 11) is 0. The molecule has 0 unspecified atom stereocenters. The van der Waals surface area contributed by atoms with Crippen molar-refractivity contribution in [3.63, 3.8) is 0 Å². The van der Waals surface area contributed by atoms with E-state index in [2.05, 4.69) is 5.32 Å². The van der Waals surface area contributed by atoms with E-state index < -0.39 is 12.2 Å². The molecule has 126 valence electrons. The van der Waals surface area contributed by atoms with Crippen LogP contribution in [-0.2, 0) is 20.7 Å². The van der Waals surface area contributed by atoms with Crippen molar-refractivity contribution in [1.29, 1.82) is 0 Å². The molecule has 6 nitrogen and oxygen atoms in total. The van der Waals surface area contributed by atoms with Gasteiger partial charge in [0.15, 0.2) is 0 Å². The lowest BCUT2D eigenvalue weighted by molar-refractivity contribution is -0.141. The van der Waals surface area contributed by atoms with Gasteiger partial charge in [-0.1, -0.05) is 30.3 Å². The molecule has 3 amide bonds. The Kier molecular flexibility index (Phi) is 4.93. The minimum atomic E-state index is -0.505. The lowest BCUT2D eigenvalue weighted by Crippen LogP contribution is -2.46. The summed E-state index contributed by atoms with van der Waals surface area (Å²) in [6, 6.07) is 9.49. The Hall–Kier alpha value is -2.63. The van der Waals surface area contributed by atoms with Crippen LogP contribution in [0.2, 0.25) is 0 Å². The quantitative estimate of drug-likeness (QED) is 0.836. The van der Waals surface area contributed by atoms with Crippen LogP contribution in [0.15, 0.2) is 42.5 Å². The number of rotatable bonds is 5. The summed E-state index contributed by atoms with van der Waals surface area (Å²) >= 11 is 0. The standard InChI is InChI=1S/C18H20N2O4/c21-16-9-10-17(22)20(16)14-7-4-8-15(14)24-18(23)19-12-11-13-5-2-1-3-6-13/h1-3,5-6,9-10,14-15H,4,7-8,11-12H2,(H,19,23)/t14-,15-/m0/s1. The van der Waals surface area contributed by atoms with E-state index in [4.69, 9.17) is 4.74 Å². The molecule has 1 N–H and O–H groups in total. The molecule has 0 saturated heterocycles. The van der Waals surface area contributed by atoms with Gasteiger partial charge in [0.1, 0.15) is 6.10 Å². The lowest BCUT2D eigenvalue weighted by atomic mass is 10.1. The molecule has 0 aromatic heterocycles. The number of benzene rings is 1. The lowest BCUT2D eigenvalue weighted by Gasteiger charge is -2.27. The summed E-state index contributed by atoms with van der Waals surface area (Å²) in [5.74, 6) is -0.657. The highest BCUT2D eigenvalue weighted by Gasteiger charge is 2.41. The molecule has 0 radical (unpaired) electrons. The third-order valence-corrected chi connectivity index (χ3v) is 4.38. The second-order valence-corrected chi connectivity index (χ2v) is 5.98. The highest BCUT2D eigenvalue weighted by molar-refractivity contribution is 6.13. The Labute approximate surface area is 140 Å². The number of nitrogens with zero attached hydrogens (tertiary/aromatic N) is 1. The van der Waals surface area contributed by atoms with E-state index in [9.17, 15) is 14.4 Å². The summed E-state index contributed by atoms with van der Waals surface area (Å²) in [6.45, 7) is 0.476. The van der Waals surface area contributed by atoms with Gasteiger partial charge in [-0.2, -0.15) is 0 Å². The molecule has 6 heteroatoms. The molecule has 24 heavy (non-hydrogen) atoms. The SMILES string of the molecule is O=C(NCCc1ccccc1)O[C@H]1CCC[C@@H]1N1C(=O)C=CC1=O. The smallest absolute Gasteiger partial charge is 0.407 e. The average molecular weight is 328 g/mol. The average Bonchev–Trinajstić information content (AvgIpc) is 3.14. The second-order valence-electron chi connectivity index (χ2n) is 5.98. The first-order chi connectivity index (χ1) is 11.6. The third-order valence-electron chi connectivity index (χ3n) is 4.38. The predicted octanol–water partition coefficient (Wildman–Crippen LogP) is 1.80. The molecule has 0 bridgehead atoms. The number of imide groups is 1. The van der Waals surface area contributed by atoms with Crippen LogP contribution in [0.4, 0.5) is 4.79 Å². The minimum absolute atomic E-state index is 0.329. The third kappa shape index (κ3) is 3.64. The first-order valence-corrected chi connectivity index (χ1v) is 8.19. The van der Waals surface area contributed by atoms with Crippen LogP contribution >= 0.6 is 0 Å². The normalized spacial score (nSPS) is 22.9. The Morgan fingerprint density at radius 1 is 1.12 bits per heavy atom. The number of nitrogens with one attached hydrogen (secondary N) is 1. The number of hydrogen-bond donors (Lipinski definition) is 1. The molecule has 2 aliphatic rings. The largest absolute Gasteiger partial charge is 0.444 e. The van der Waals surface area contributed by atoms with Crippen molar-refractivity contribution in [2.24, 2.45) is 0 Å². The summed E-state index contributed by atoms with van der Waals surface area (Å²) in [4.78, 5) is 36.8. The summed E-state index contributed by atoms with van der Waals surface area (Å²) in [5.41, 5.74) is 1.14. The molecule has 1 aliphatic carbocycles. The van der Waals surface area contributed by atoms with Gasteiger partial charge in [-0.15, -0.1) is 0 Å². The number of carbonyl (C=O) groups is 3. The Morgan fingerprint density at radius 2 is 1.83 bits per heavy atom. The van der Waals surface area contributed by atoms with E-state index in [0.29, 0.717) is 19.4 Å². The minimum Gasteiger partial charge on any atom is -0.444 e. The van der Waals surface area contributed by atoms with Gasteiger partial charge in [0.2, 0.25) is 0 Å². The van der Waals surface area contributed by atoms with Crippen LogP contribution in [0.5, 0.6) is 0 Å². The number of hydrogen-bond acceptors (Lipinski definition) is 4. The van der Waals surface area contributed by atoms with Crippen LogP contribution < -0.4 is 5.32 Å². The molecule has 0 spiro atoms. The van der Waals surface area contributed by atoms with E-state index in [1.54, 1.807) is 0 Å². The van der Waals surface area contributed by atoms with Crippen LogP contribution in [0.1, 0.15) is 24.8 Å². The first kappa shape index (κ1) is 16.2. The highest BCUT2D eigenvalue weighted by atomic mass is 16.6. The molecule has 1 aliphatic heterocycles. The first-order valence-electron chi connectivity index (χ1n) is 8.19. The zero-order chi connectivity index (χ0) is 16.9. The maximum atomic E-state index is 12.0. The molecule has 1 aromatic rings. The molecule has 1 heterocycles. The van der Waals surface area contributed by atoms with Gasteiger partial charge in [0, 0.05) is 18.7 Å². The highest BCUT2D eigenvalue weighted by Crippen LogP contribution is 2.28. The molecular formula is C18H20N2O4. The molecular weight excluding hydrogens is 308 g/mol. The molecule has 1 aromatic carbocycles. The van der Waals surface area contributed by atoms with E-state index in [0.717, 1.165) is 18.4 Å². The van der Waals surface area contributed by atoms with Gasteiger partial charge >= 0.3 is 6.09 Å². The van der Waals surface area contributed by atoms with E-state index >= 15 is 0 Å². The van der Waals surface area contributed by atoms with Crippen molar-refractivity contribution >= 4 is 17.9 Å². The van der Waals surface area contributed by atoms with Crippen molar-refractivity contribution in [2.75, 3.05) is 6.54 Å². The maximum Gasteiger partial charge on any atom is 0.407 e. The molecule has 2 atom stereocenters. The van der Waals surface area contributed by atoms with Crippen LogP contribution in [0.25, 0.3) is 0 Å². The van der Waals surface area contributed by atoms with E-state index in [-0.39, 0.29) is 17.9 Å². The fourth-order valence-corrected chi connectivity index (χ4v) is 3.21. The maximum absolute atomic E-state index is 12.0. The molecule has 3 rings (SSSR count). The van der Waals surface area contributed by atoms with Crippen molar-refractivity contribution < 1.29 is 19.1 Å². The topological polar surface area (TPSA) is 75.7 Å². The van der Waals surface area contributed by atoms with Crippen molar-refractivity contribution in [3.05, 3.63) is 48.0 Å². The van der Waals surface area contributed by atoms with Crippen LogP contribution in [0.3, 0.4) is 0 Å². The van der Waals surface area contributed by atoms with Crippen molar-refractivity contribution in [1.82, 2.24) is 10.2 Å².